The molecule has 1 heterocycles. The van der Waals surface area contributed by atoms with Crippen LogP contribution in [0.3, 0.4) is 0 Å². The summed E-state index contributed by atoms with van der Waals surface area (Å²) in [4.78, 5) is 11.8. The molecule has 0 amide bonds. The van der Waals surface area contributed by atoms with E-state index in [1.807, 2.05) is 20.8 Å². The Kier molecular flexibility index (Phi) is 5.64. The first-order valence-electron chi connectivity index (χ1n) is 6.41. The largest absolute Gasteiger partial charge is 0.459 e. The van der Waals surface area contributed by atoms with Crippen molar-refractivity contribution >= 4 is 5.97 Å². The maximum Gasteiger partial charge on any atom is 0.336 e. The second-order valence-corrected chi connectivity index (χ2v) is 4.52. The van der Waals surface area contributed by atoms with Crippen molar-refractivity contribution < 1.29 is 19.0 Å². The molecule has 0 aromatic carbocycles. The highest BCUT2D eigenvalue weighted by atomic mass is 16.7. The molecule has 18 heavy (non-hydrogen) atoms. The van der Waals surface area contributed by atoms with Crippen molar-refractivity contribution in [2.75, 3.05) is 6.61 Å². The van der Waals surface area contributed by atoms with Crippen LogP contribution in [-0.4, -0.2) is 31.1 Å². The summed E-state index contributed by atoms with van der Waals surface area (Å²) in [5.74, 6) is 5.56. The van der Waals surface area contributed by atoms with E-state index in [1.165, 1.54) is 0 Å². The van der Waals surface area contributed by atoms with Crippen LogP contribution < -0.4 is 0 Å². The number of carbonyl (C=O) groups is 1. The van der Waals surface area contributed by atoms with Crippen molar-refractivity contribution in [3.8, 4) is 11.8 Å². The molecular weight excluding hydrogens is 232 g/mol. The van der Waals surface area contributed by atoms with E-state index in [0.717, 1.165) is 0 Å². The third-order valence-electron chi connectivity index (χ3n) is 3.08. The van der Waals surface area contributed by atoms with Gasteiger partial charge in [0.2, 0.25) is 0 Å². The summed E-state index contributed by atoms with van der Waals surface area (Å²) < 4.78 is 16.2. The van der Waals surface area contributed by atoms with Crippen molar-refractivity contribution in [3.05, 3.63) is 0 Å². The van der Waals surface area contributed by atoms with E-state index in [2.05, 4.69) is 11.8 Å². The van der Waals surface area contributed by atoms with Crippen LogP contribution in [0.1, 0.15) is 34.6 Å². The lowest BCUT2D eigenvalue weighted by Gasteiger charge is -2.21. The van der Waals surface area contributed by atoms with Crippen molar-refractivity contribution in [2.45, 2.75) is 53.1 Å². The maximum atomic E-state index is 11.8. The van der Waals surface area contributed by atoms with Gasteiger partial charge in [-0.3, -0.25) is 0 Å². The fourth-order valence-corrected chi connectivity index (χ4v) is 2.22. The summed E-state index contributed by atoms with van der Waals surface area (Å²) in [6.45, 7) is 9.91. The average Bonchev–Trinajstić information content (AvgIpc) is 2.58. The molecule has 0 spiro atoms. The van der Waals surface area contributed by atoms with Crippen LogP contribution in [-0.2, 0) is 19.0 Å². The summed E-state index contributed by atoms with van der Waals surface area (Å²) in [6, 6.07) is 0. The minimum absolute atomic E-state index is 0.0174. The highest BCUT2D eigenvalue weighted by Gasteiger charge is 2.45. The van der Waals surface area contributed by atoms with E-state index < -0.39 is 12.4 Å². The van der Waals surface area contributed by atoms with Gasteiger partial charge in [-0.25, -0.2) is 4.79 Å². The van der Waals surface area contributed by atoms with Gasteiger partial charge in [0, 0.05) is 12.5 Å². The Balaban J connectivity index is 2.65. The van der Waals surface area contributed by atoms with E-state index in [9.17, 15) is 4.79 Å². The molecule has 1 saturated heterocycles. The minimum atomic E-state index is -0.558. The molecule has 0 saturated carbocycles. The Labute approximate surface area is 109 Å². The SMILES string of the molecule is CC#C[C@@H](C)[C@H]1OC(=O)[C@@H](OC(C)OCC)[C@@H]1C. The Hall–Kier alpha value is -1.05. The number of esters is 1. The van der Waals surface area contributed by atoms with Crippen LogP contribution in [0.4, 0.5) is 0 Å². The lowest BCUT2D eigenvalue weighted by atomic mass is 9.92. The predicted octanol–water partition coefficient (Wildman–Crippen LogP) is 1.98. The van der Waals surface area contributed by atoms with Crippen LogP contribution in [0, 0.1) is 23.7 Å². The normalized spacial score (nSPS) is 30.3. The van der Waals surface area contributed by atoms with Gasteiger partial charge in [-0.15, -0.1) is 5.92 Å². The molecule has 4 nitrogen and oxygen atoms in total. The molecule has 0 N–H and O–H groups in total. The summed E-state index contributed by atoms with van der Waals surface area (Å²) >= 11 is 0. The molecule has 0 aromatic heterocycles. The number of hydrogen-bond acceptors (Lipinski definition) is 4. The summed E-state index contributed by atoms with van der Waals surface area (Å²) in [5, 5.41) is 0. The van der Waals surface area contributed by atoms with Gasteiger partial charge in [0.1, 0.15) is 6.10 Å². The Morgan fingerprint density at radius 3 is 2.67 bits per heavy atom. The third kappa shape index (κ3) is 3.47. The topological polar surface area (TPSA) is 44.8 Å². The molecule has 1 aliphatic heterocycles. The van der Waals surface area contributed by atoms with E-state index in [4.69, 9.17) is 14.2 Å². The monoisotopic (exact) mass is 254 g/mol. The van der Waals surface area contributed by atoms with Gasteiger partial charge in [0.25, 0.3) is 0 Å². The fraction of sp³-hybridized carbons (Fsp3) is 0.786. The molecule has 102 valence electrons. The zero-order valence-corrected chi connectivity index (χ0v) is 11.7. The van der Waals surface area contributed by atoms with E-state index >= 15 is 0 Å². The second-order valence-electron chi connectivity index (χ2n) is 4.52. The third-order valence-corrected chi connectivity index (χ3v) is 3.08. The van der Waals surface area contributed by atoms with Gasteiger partial charge in [-0.05, 0) is 27.7 Å². The molecule has 0 radical (unpaired) electrons. The van der Waals surface area contributed by atoms with Gasteiger partial charge < -0.3 is 14.2 Å². The standard InChI is InChI=1S/C14H22O4/c1-6-8-9(3)12-10(4)13(14(15)18-12)17-11(5)16-7-2/h9-13H,7H2,1-5H3/t9-,10-,11?,12-,13+/m1/s1. The Bertz CT molecular complexity index is 341. The Morgan fingerprint density at radius 1 is 1.44 bits per heavy atom. The smallest absolute Gasteiger partial charge is 0.336 e. The summed E-state index contributed by atoms with van der Waals surface area (Å²) in [5.41, 5.74) is 0. The molecule has 1 unspecified atom stereocenters. The van der Waals surface area contributed by atoms with Crippen LogP contribution in [0.5, 0.6) is 0 Å². The molecule has 1 fully saturated rings. The van der Waals surface area contributed by atoms with Crippen molar-refractivity contribution in [1.82, 2.24) is 0 Å². The van der Waals surface area contributed by atoms with Crippen molar-refractivity contribution in [2.24, 2.45) is 11.8 Å². The molecule has 5 atom stereocenters. The molecule has 4 heteroatoms. The number of rotatable bonds is 5. The van der Waals surface area contributed by atoms with E-state index in [0.29, 0.717) is 6.61 Å². The van der Waals surface area contributed by atoms with Gasteiger partial charge in [0.15, 0.2) is 12.4 Å². The second kappa shape index (κ2) is 6.77. The highest BCUT2D eigenvalue weighted by molar-refractivity contribution is 5.77. The molecule has 0 aromatic rings. The molecule has 0 bridgehead atoms. The lowest BCUT2D eigenvalue weighted by molar-refractivity contribution is -0.178. The minimum Gasteiger partial charge on any atom is -0.459 e. The van der Waals surface area contributed by atoms with Crippen molar-refractivity contribution in [3.63, 3.8) is 0 Å². The maximum absolute atomic E-state index is 11.8. The number of ether oxygens (including phenoxy) is 3. The average molecular weight is 254 g/mol. The zero-order valence-electron chi connectivity index (χ0n) is 11.7. The molecule has 1 rings (SSSR count). The lowest BCUT2D eigenvalue weighted by Crippen LogP contribution is -2.32. The van der Waals surface area contributed by atoms with Gasteiger partial charge in [0.05, 0.1) is 5.92 Å². The van der Waals surface area contributed by atoms with Gasteiger partial charge >= 0.3 is 5.97 Å². The highest BCUT2D eigenvalue weighted by Crippen LogP contribution is 2.30. The summed E-state index contributed by atoms with van der Waals surface area (Å²) in [6.07, 6.45) is -1.16. The first-order valence-corrected chi connectivity index (χ1v) is 6.41. The van der Waals surface area contributed by atoms with Gasteiger partial charge in [-0.1, -0.05) is 12.8 Å². The van der Waals surface area contributed by atoms with Crippen LogP contribution >= 0.6 is 0 Å². The number of cyclic esters (lactones) is 1. The molecule has 1 aliphatic rings. The predicted molar refractivity (Wildman–Crippen MR) is 67.6 cm³/mol. The van der Waals surface area contributed by atoms with E-state index in [1.54, 1.807) is 13.8 Å². The number of hydrogen-bond donors (Lipinski definition) is 0. The first-order chi connectivity index (χ1) is 8.51. The number of carbonyl (C=O) groups excluding carboxylic acids is 1. The quantitative estimate of drug-likeness (QED) is 0.427. The first kappa shape index (κ1) is 15.0. The van der Waals surface area contributed by atoms with Crippen LogP contribution in [0.15, 0.2) is 0 Å². The fourth-order valence-electron chi connectivity index (χ4n) is 2.22. The van der Waals surface area contributed by atoms with Crippen LogP contribution in [0.25, 0.3) is 0 Å². The molecule has 0 aliphatic carbocycles. The Morgan fingerprint density at radius 2 is 2.11 bits per heavy atom. The van der Waals surface area contributed by atoms with E-state index in [-0.39, 0.29) is 23.9 Å². The zero-order chi connectivity index (χ0) is 13.7. The van der Waals surface area contributed by atoms with Gasteiger partial charge in [-0.2, -0.15) is 0 Å². The van der Waals surface area contributed by atoms with Crippen LogP contribution in [0.2, 0.25) is 0 Å². The van der Waals surface area contributed by atoms with Crippen molar-refractivity contribution in [1.29, 1.82) is 0 Å². The summed E-state index contributed by atoms with van der Waals surface area (Å²) in [7, 11) is 0. The molecular formula is C14H22O4.